The van der Waals surface area contributed by atoms with E-state index in [9.17, 15) is 19.8 Å². The second-order valence-corrected chi connectivity index (χ2v) is 8.70. The molecule has 3 rings (SSSR count). The van der Waals surface area contributed by atoms with Crippen molar-refractivity contribution in [2.45, 2.75) is 37.5 Å². The molecule has 0 unspecified atom stereocenters. The topological polar surface area (TPSA) is 89.9 Å². The van der Waals surface area contributed by atoms with Gasteiger partial charge >= 0.3 is 0 Å². The number of rotatable bonds is 7. The van der Waals surface area contributed by atoms with Crippen LogP contribution in [0.5, 0.6) is 0 Å². The highest BCUT2D eigenvalue weighted by Gasteiger charge is 2.38. The molecule has 0 aliphatic carbocycles. The van der Waals surface area contributed by atoms with Gasteiger partial charge < -0.3 is 20.4 Å². The van der Waals surface area contributed by atoms with E-state index in [-0.39, 0.29) is 6.04 Å². The van der Waals surface area contributed by atoms with Crippen LogP contribution in [0.3, 0.4) is 0 Å². The number of carbonyl (C=O) groups is 2. The highest BCUT2D eigenvalue weighted by atomic mass is 79.9. The Labute approximate surface area is 176 Å². The third kappa shape index (κ3) is 5.00. The number of hydrogen-bond acceptors (Lipinski definition) is 5. The van der Waals surface area contributed by atoms with Crippen LogP contribution in [0.4, 0.5) is 0 Å². The van der Waals surface area contributed by atoms with Crippen molar-refractivity contribution in [3.8, 4) is 0 Å². The van der Waals surface area contributed by atoms with Gasteiger partial charge in [0.25, 0.3) is 11.8 Å². The van der Waals surface area contributed by atoms with E-state index in [1.165, 1.54) is 0 Å². The summed E-state index contributed by atoms with van der Waals surface area (Å²) in [6, 6.07) is 11.4. The van der Waals surface area contributed by atoms with Gasteiger partial charge in [0.1, 0.15) is 0 Å². The molecule has 3 N–H and O–H groups in total. The fourth-order valence-electron chi connectivity index (χ4n) is 3.41. The second-order valence-electron chi connectivity index (χ2n) is 6.75. The van der Waals surface area contributed by atoms with Crippen molar-refractivity contribution in [1.29, 1.82) is 0 Å². The zero-order chi connectivity index (χ0) is 20.1. The molecule has 3 atom stereocenters. The van der Waals surface area contributed by atoms with Crippen LogP contribution >= 0.6 is 27.3 Å². The lowest BCUT2D eigenvalue weighted by Gasteiger charge is -2.28. The molecule has 0 radical (unpaired) electrons. The lowest BCUT2D eigenvalue weighted by Crippen LogP contribution is -2.50. The maximum Gasteiger partial charge on any atom is 0.255 e. The van der Waals surface area contributed by atoms with Crippen molar-refractivity contribution >= 4 is 39.1 Å². The number of carbonyl (C=O) groups excluding carboxylic acids is 2. The number of hydrogen-bond donors (Lipinski definition) is 3. The quantitative estimate of drug-likeness (QED) is 0.583. The molecule has 1 aromatic heterocycles. The lowest BCUT2D eigenvalue weighted by molar-refractivity contribution is -0.153. The molecule has 1 fully saturated rings. The van der Waals surface area contributed by atoms with Crippen LogP contribution in [0.2, 0.25) is 0 Å². The van der Waals surface area contributed by atoms with E-state index in [0.717, 1.165) is 27.8 Å². The third-order valence-electron chi connectivity index (χ3n) is 4.84. The molecule has 1 aliphatic rings. The summed E-state index contributed by atoms with van der Waals surface area (Å²) in [5, 5.41) is 25.0. The summed E-state index contributed by atoms with van der Waals surface area (Å²) in [6.07, 6.45) is -1.36. The minimum atomic E-state index is -1.79. The molecular weight excluding hydrogens is 444 g/mol. The van der Waals surface area contributed by atoms with Crippen molar-refractivity contribution < 1.29 is 19.8 Å². The Balaban J connectivity index is 1.58. The standard InChI is InChI=1S/C20H23BrN2O4S/c21-14-5-1-4-13(12-14)16-7-2-10-23(16)20(27)18(25)17(24)19(26)22-9-8-15-6-3-11-28-15/h1,3-6,11-12,16-18,24-25H,2,7-10H2,(H,22,26)/t16-,17-,18-/m1/s1. The third-order valence-corrected chi connectivity index (χ3v) is 6.27. The molecule has 2 heterocycles. The molecule has 150 valence electrons. The minimum Gasteiger partial charge on any atom is -0.380 e. The Hall–Kier alpha value is -1.74. The van der Waals surface area contributed by atoms with Gasteiger partial charge in [-0.1, -0.05) is 34.1 Å². The summed E-state index contributed by atoms with van der Waals surface area (Å²) in [5.41, 5.74) is 0.960. The molecule has 0 bridgehead atoms. The number of benzene rings is 1. The molecular formula is C20H23BrN2O4S. The van der Waals surface area contributed by atoms with Gasteiger partial charge in [-0.2, -0.15) is 0 Å². The molecule has 0 spiro atoms. The largest absolute Gasteiger partial charge is 0.380 e. The Morgan fingerprint density at radius 1 is 1.25 bits per heavy atom. The van der Waals surface area contributed by atoms with Crippen molar-refractivity contribution in [2.24, 2.45) is 0 Å². The van der Waals surface area contributed by atoms with Crippen molar-refractivity contribution in [3.63, 3.8) is 0 Å². The zero-order valence-corrected chi connectivity index (χ0v) is 17.7. The number of amides is 2. The van der Waals surface area contributed by atoms with Crippen LogP contribution in [0.25, 0.3) is 0 Å². The number of likely N-dealkylation sites (tertiary alicyclic amines) is 1. The van der Waals surface area contributed by atoms with E-state index in [2.05, 4.69) is 21.2 Å². The van der Waals surface area contributed by atoms with Gasteiger partial charge in [-0.05, 0) is 48.4 Å². The first-order valence-electron chi connectivity index (χ1n) is 9.19. The maximum atomic E-state index is 12.7. The summed E-state index contributed by atoms with van der Waals surface area (Å²) in [4.78, 5) is 27.5. The highest BCUT2D eigenvalue weighted by Crippen LogP contribution is 2.33. The fourth-order valence-corrected chi connectivity index (χ4v) is 4.53. The average molecular weight is 467 g/mol. The van der Waals surface area contributed by atoms with Crippen LogP contribution in [0, 0.1) is 0 Å². The number of aliphatic hydroxyl groups is 2. The molecule has 2 amide bonds. The maximum absolute atomic E-state index is 12.7. The van der Waals surface area contributed by atoms with Gasteiger partial charge in [-0.3, -0.25) is 9.59 Å². The average Bonchev–Trinajstić information content (AvgIpc) is 3.38. The van der Waals surface area contributed by atoms with Gasteiger partial charge in [-0.15, -0.1) is 11.3 Å². The van der Waals surface area contributed by atoms with Crippen LogP contribution in [-0.2, 0) is 16.0 Å². The van der Waals surface area contributed by atoms with Crippen molar-refractivity contribution in [1.82, 2.24) is 10.2 Å². The molecule has 1 saturated heterocycles. The number of thiophene rings is 1. The van der Waals surface area contributed by atoms with Crippen LogP contribution in [0.15, 0.2) is 46.3 Å². The Morgan fingerprint density at radius 2 is 2.07 bits per heavy atom. The van der Waals surface area contributed by atoms with E-state index < -0.39 is 24.0 Å². The first-order chi connectivity index (χ1) is 13.5. The normalized spacial score (nSPS) is 18.7. The Kier molecular flexibility index (Phi) is 7.23. The van der Waals surface area contributed by atoms with Gasteiger partial charge in [0.05, 0.1) is 6.04 Å². The first-order valence-corrected chi connectivity index (χ1v) is 10.9. The molecule has 0 saturated carbocycles. The Morgan fingerprint density at radius 3 is 2.79 bits per heavy atom. The zero-order valence-electron chi connectivity index (χ0n) is 15.3. The Bertz CT molecular complexity index is 814. The van der Waals surface area contributed by atoms with Gasteiger partial charge in [0, 0.05) is 22.4 Å². The van der Waals surface area contributed by atoms with E-state index in [4.69, 9.17) is 0 Å². The molecule has 28 heavy (non-hydrogen) atoms. The number of nitrogens with one attached hydrogen (secondary N) is 1. The van der Waals surface area contributed by atoms with Crippen LogP contribution < -0.4 is 5.32 Å². The first kappa shape index (κ1) is 21.0. The van der Waals surface area contributed by atoms with E-state index >= 15 is 0 Å². The number of aliphatic hydroxyl groups excluding tert-OH is 2. The minimum absolute atomic E-state index is 0.172. The monoisotopic (exact) mass is 466 g/mol. The van der Waals surface area contributed by atoms with Crippen LogP contribution in [-0.4, -0.2) is 52.2 Å². The second kappa shape index (κ2) is 9.65. The lowest BCUT2D eigenvalue weighted by atomic mass is 10.0. The summed E-state index contributed by atoms with van der Waals surface area (Å²) < 4.78 is 0.912. The molecule has 6 nitrogen and oxygen atoms in total. The number of halogens is 1. The molecule has 8 heteroatoms. The molecule has 1 aliphatic heterocycles. The highest BCUT2D eigenvalue weighted by molar-refractivity contribution is 9.10. The fraction of sp³-hybridized carbons (Fsp3) is 0.400. The van der Waals surface area contributed by atoms with E-state index in [1.54, 1.807) is 16.2 Å². The summed E-state index contributed by atoms with van der Waals surface area (Å²) in [7, 11) is 0. The van der Waals surface area contributed by atoms with Gasteiger partial charge in [0.2, 0.25) is 0 Å². The molecule has 2 aromatic rings. The summed E-state index contributed by atoms with van der Waals surface area (Å²) in [5.74, 6) is -1.36. The van der Waals surface area contributed by atoms with Crippen molar-refractivity contribution in [2.75, 3.05) is 13.1 Å². The van der Waals surface area contributed by atoms with Crippen molar-refractivity contribution in [3.05, 3.63) is 56.7 Å². The smallest absolute Gasteiger partial charge is 0.255 e. The predicted molar refractivity (Wildman–Crippen MR) is 111 cm³/mol. The summed E-state index contributed by atoms with van der Waals surface area (Å²) >= 11 is 5.01. The van der Waals surface area contributed by atoms with Crippen LogP contribution in [0.1, 0.15) is 29.3 Å². The SMILES string of the molecule is O=C(NCCc1cccs1)[C@H](O)[C@@H](O)C(=O)N1CCC[C@@H]1c1cccc(Br)c1. The molecule has 1 aromatic carbocycles. The van der Waals surface area contributed by atoms with Gasteiger partial charge in [0.15, 0.2) is 12.2 Å². The summed E-state index contributed by atoms with van der Waals surface area (Å²) in [6.45, 7) is 0.821. The van der Waals surface area contributed by atoms with Gasteiger partial charge in [-0.25, -0.2) is 0 Å². The number of nitrogens with zero attached hydrogens (tertiary/aromatic N) is 1. The van der Waals surface area contributed by atoms with E-state index in [0.29, 0.717) is 19.5 Å². The van der Waals surface area contributed by atoms with E-state index in [1.807, 2.05) is 41.8 Å². The predicted octanol–water partition coefficient (Wildman–Crippen LogP) is 2.25.